The molecular weight excluding hydrogens is 576 g/mol. The zero-order valence-electron chi connectivity index (χ0n) is 22.7. The van der Waals surface area contributed by atoms with Crippen LogP contribution < -0.4 is 8.37 Å². The molecule has 0 amide bonds. The number of aryl methyl sites for hydroxylation is 2. The molecule has 0 N–H and O–H groups in total. The van der Waals surface area contributed by atoms with Crippen molar-refractivity contribution in [1.29, 1.82) is 0 Å². The lowest BCUT2D eigenvalue weighted by molar-refractivity contribution is 0.446. The first-order chi connectivity index (χ1) is 20.1. The highest BCUT2D eigenvalue weighted by atomic mass is 32.2. The Kier molecular flexibility index (Phi) is 6.03. The highest BCUT2D eigenvalue weighted by Gasteiger charge is 2.40. The van der Waals surface area contributed by atoms with E-state index in [9.17, 15) is 16.8 Å². The van der Waals surface area contributed by atoms with Gasteiger partial charge in [-0.05, 0) is 49.2 Å². The number of aromatic nitrogens is 4. The fraction of sp³-hybridized carbons (Fsp3) is 0.200. The van der Waals surface area contributed by atoms with Crippen molar-refractivity contribution < 1.29 is 25.2 Å². The molecule has 3 aromatic carbocycles. The summed E-state index contributed by atoms with van der Waals surface area (Å²) in [5.41, 5.74) is 5.45. The molecule has 10 nitrogen and oxygen atoms in total. The zero-order chi connectivity index (χ0) is 29.2. The van der Waals surface area contributed by atoms with E-state index in [1.807, 2.05) is 98.8 Å². The molecule has 0 aliphatic carbocycles. The van der Waals surface area contributed by atoms with Crippen LogP contribution in [0.2, 0.25) is 0 Å². The molecule has 0 spiro atoms. The van der Waals surface area contributed by atoms with Crippen LogP contribution in [0, 0.1) is 13.8 Å². The monoisotopic (exact) mass is 602 g/mol. The maximum atomic E-state index is 13.0. The third-order valence-corrected chi connectivity index (χ3v) is 10.00. The molecule has 0 saturated heterocycles. The van der Waals surface area contributed by atoms with Gasteiger partial charge in [0, 0.05) is 23.0 Å². The fourth-order valence-corrected chi connectivity index (χ4v) is 8.36. The molecule has 12 heteroatoms. The Bertz CT molecular complexity index is 1910. The molecule has 2 unspecified atom stereocenters. The van der Waals surface area contributed by atoms with Gasteiger partial charge in [0.05, 0.1) is 34.3 Å². The van der Waals surface area contributed by atoms with E-state index in [1.165, 1.54) is 9.36 Å². The van der Waals surface area contributed by atoms with E-state index in [-0.39, 0.29) is 23.3 Å². The first kappa shape index (κ1) is 26.5. The molecule has 214 valence electrons. The van der Waals surface area contributed by atoms with Crippen LogP contribution in [0.25, 0.3) is 11.4 Å². The number of nitrogens with zero attached hydrogens (tertiary/aromatic N) is 4. The molecule has 0 radical (unpaired) electrons. The van der Waals surface area contributed by atoms with Crippen LogP contribution in [-0.4, -0.2) is 47.9 Å². The summed E-state index contributed by atoms with van der Waals surface area (Å²) in [6.45, 7) is 3.66. The summed E-state index contributed by atoms with van der Waals surface area (Å²) in [7, 11) is -7.88. The minimum Gasteiger partial charge on any atom is -0.361 e. The second-order valence-electron chi connectivity index (χ2n) is 10.5. The topological polar surface area (TPSA) is 122 Å². The van der Waals surface area contributed by atoms with Crippen molar-refractivity contribution in [3.05, 3.63) is 119 Å². The first-order valence-corrected chi connectivity index (χ1v) is 16.5. The van der Waals surface area contributed by atoms with Gasteiger partial charge in [-0.2, -0.15) is 36.4 Å². The van der Waals surface area contributed by atoms with Crippen LogP contribution in [-0.2, 0) is 20.2 Å². The van der Waals surface area contributed by atoms with Gasteiger partial charge < -0.3 is 8.37 Å². The van der Waals surface area contributed by atoms with E-state index < -0.39 is 32.1 Å². The van der Waals surface area contributed by atoms with Crippen molar-refractivity contribution in [2.24, 2.45) is 0 Å². The third-order valence-electron chi connectivity index (χ3n) is 7.69. The second-order valence-corrected chi connectivity index (χ2v) is 13.7. The Hall–Kier alpha value is -4.42. The van der Waals surface area contributed by atoms with E-state index in [2.05, 4.69) is 10.2 Å². The van der Waals surface area contributed by atoms with Crippen molar-refractivity contribution >= 4 is 20.2 Å². The Morgan fingerprint density at radius 3 is 1.43 bits per heavy atom. The molecule has 0 bridgehead atoms. The Labute approximate surface area is 243 Å². The smallest absolute Gasteiger partial charge is 0.311 e. The van der Waals surface area contributed by atoms with Crippen molar-refractivity contribution in [3.8, 4) is 23.1 Å². The van der Waals surface area contributed by atoms with Gasteiger partial charge in [-0.15, -0.1) is 0 Å². The van der Waals surface area contributed by atoms with Gasteiger partial charge in [0.15, 0.2) is 0 Å². The van der Waals surface area contributed by atoms with Crippen molar-refractivity contribution in [2.75, 3.05) is 11.5 Å². The predicted molar refractivity (Wildman–Crippen MR) is 156 cm³/mol. The molecule has 0 fully saturated rings. The third kappa shape index (κ3) is 4.47. The molecule has 4 heterocycles. The number of para-hydroxylation sites is 2. The van der Waals surface area contributed by atoms with Crippen LogP contribution in [0.1, 0.15) is 45.5 Å². The van der Waals surface area contributed by atoms with Gasteiger partial charge in [-0.3, -0.25) is 0 Å². The standard InChI is InChI=1S/C30H26N4O6S2/c1-19-27-25(17-41(35,36)39-29(27)33(31-19)23-12-5-3-6-13-23)21-10-9-11-22(16-21)26-18-42(37,38)40-30-28(26)20(2)32-34(30)24-14-7-4-8-15-24/h3-16,25-26H,17-18H2,1-2H3. The minimum atomic E-state index is -3.94. The Morgan fingerprint density at radius 2 is 1.02 bits per heavy atom. The highest BCUT2D eigenvalue weighted by Crippen LogP contribution is 2.45. The van der Waals surface area contributed by atoms with Gasteiger partial charge >= 0.3 is 20.2 Å². The van der Waals surface area contributed by atoms with E-state index in [0.717, 1.165) is 11.1 Å². The van der Waals surface area contributed by atoms with Crippen molar-refractivity contribution in [3.63, 3.8) is 0 Å². The molecule has 42 heavy (non-hydrogen) atoms. The molecule has 0 saturated carbocycles. The van der Waals surface area contributed by atoms with Crippen molar-refractivity contribution in [1.82, 2.24) is 19.6 Å². The van der Waals surface area contributed by atoms with E-state index >= 15 is 0 Å². The molecule has 2 aromatic heterocycles. The van der Waals surface area contributed by atoms with Gasteiger partial charge in [0.1, 0.15) is 0 Å². The Balaban J connectivity index is 1.35. The first-order valence-electron chi connectivity index (χ1n) is 13.3. The van der Waals surface area contributed by atoms with Crippen LogP contribution in [0.15, 0.2) is 84.9 Å². The van der Waals surface area contributed by atoms with Gasteiger partial charge in [-0.1, -0.05) is 60.7 Å². The molecule has 5 aromatic rings. The molecule has 2 atom stereocenters. The maximum Gasteiger partial charge on any atom is 0.311 e. The van der Waals surface area contributed by atoms with E-state index in [0.29, 0.717) is 33.9 Å². The van der Waals surface area contributed by atoms with Crippen LogP contribution in [0.3, 0.4) is 0 Å². The molecule has 2 aliphatic heterocycles. The average Bonchev–Trinajstić information content (AvgIpc) is 3.47. The minimum absolute atomic E-state index is 0.163. The van der Waals surface area contributed by atoms with Gasteiger partial charge in [-0.25, -0.2) is 0 Å². The summed E-state index contributed by atoms with van der Waals surface area (Å²) < 4.78 is 66.2. The summed E-state index contributed by atoms with van der Waals surface area (Å²) in [5, 5.41) is 9.26. The average molecular weight is 603 g/mol. The van der Waals surface area contributed by atoms with E-state index in [1.54, 1.807) is 0 Å². The summed E-state index contributed by atoms with van der Waals surface area (Å²) in [4.78, 5) is 0. The normalized spacial score (nSPS) is 20.1. The largest absolute Gasteiger partial charge is 0.361 e. The van der Waals surface area contributed by atoms with Crippen LogP contribution >= 0.6 is 0 Å². The number of rotatable bonds is 4. The lowest BCUT2D eigenvalue weighted by Gasteiger charge is -2.27. The number of hydrogen-bond donors (Lipinski definition) is 0. The van der Waals surface area contributed by atoms with Gasteiger partial charge in [0.25, 0.3) is 0 Å². The lowest BCUT2D eigenvalue weighted by atomic mass is 9.87. The van der Waals surface area contributed by atoms with Crippen LogP contribution in [0.5, 0.6) is 11.8 Å². The second kappa shape index (κ2) is 9.57. The van der Waals surface area contributed by atoms with Crippen LogP contribution in [0.4, 0.5) is 0 Å². The summed E-state index contributed by atoms with van der Waals surface area (Å²) in [6, 6.07) is 25.8. The van der Waals surface area contributed by atoms with E-state index in [4.69, 9.17) is 8.37 Å². The number of hydrogen-bond acceptors (Lipinski definition) is 8. The predicted octanol–water partition coefficient (Wildman–Crippen LogP) is 4.38. The molecule has 7 rings (SSSR count). The molecule has 2 aliphatic rings. The Morgan fingerprint density at radius 1 is 0.619 bits per heavy atom. The van der Waals surface area contributed by atoms with Crippen molar-refractivity contribution in [2.45, 2.75) is 25.7 Å². The lowest BCUT2D eigenvalue weighted by Crippen LogP contribution is -2.28. The SMILES string of the molecule is Cc1nn(-c2ccccc2)c2c1C(c1cccc(C3CS(=O)(=O)Oc4c3c(C)nn4-c3ccccc3)c1)CS(=O)(=O)O2. The maximum absolute atomic E-state index is 13.0. The summed E-state index contributed by atoms with van der Waals surface area (Å²) in [6.07, 6.45) is 0. The molecular formula is C30H26N4O6S2. The quantitative estimate of drug-likeness (QED) is 0.278. The number of fused-ring (bicyclic) bond motifs is 2. The fourth-order valence-electron chi connectivity index (χ4n) is 5.89. The highest BCUT2D eigenvalue weighted by molar-refractivity contribution is 7.87. The number of benzene rings is 3. The summed E-state index contributed by atoms with van der Waals surface area (Å²) >= 11 is 0. The van der Waals surface area contributed by atoms with Gasteiger partial charge in [0.2, 0.25) is 11.8 Å². The summed E-state index contributed by atoms with van der Waals surface area (Å²) in [5.74, 6) is -1.35. The zero-order valence-corrected chi connectivity index (χ0v) is 24.3.